The molecular formula is C28H36FN3O3. The molecule has 0 fully saturated rings. The van der Waals surface area contributed by atoms with E-state index in [9.17, 15) is 14.3 Å². The van der Waals surface area contributed by atoms with Crippen molar-refractivity contribution in [3.63, 3.8) is 0 Å². The van der Waals surface area contributed by atoms with Crippen molar-refractivity contribution in [2.45, 2.75) is 52.8 Å². The highest BCUT2D eigenvalue weighted by Gasteiger charge is 2.34. The minimum absolute atomic E-state index is 0.0449. The van der Waals surface area contributed by atoms with Gasteiger partial charge in [-0.3, -0.25) is 9.69 Å². The van der Waals surface area contributed by atoms with Gasteiger partial charge in [-0.15, -0.1) is 0 Å². The van der Waals surface area contributed by atoms with Crippen LogP contribution < -0.4 is 4.74 Å². The van der Waals surface area contributed by atoms with Gasteiger partial charge in [-0.2, -0.15) is 0 Å². The maximum Gasteiger partial charge on any atom is 0.259 e. The van der Waals surface area contributed by atoms with Gasteiger partial charge < -0.3 is 14.7 Å². The van der Waals surface area contributed by atoms with Crippen LogP contribution in [-0.4, -0.2) is 64.7 Å². The first-order valence-corrected chi connectivity index (χ1v) is 12.2. The third-order valence-corrected chi connectivity index (χ3v) is 6.15. The molecule has 1 amide bonds. The first-order valence-electron chi connectivity index (χ1n) is 12.2. The molecule has 0 saturated heterocycles. The van der Waals surface area contributed by atoms with Gasteiger partial charge in [0, 0.05) is 49.3 Å². The summed E-state index contributed by atoms with van der Waals surface area (Å²) in [6.07, 6.45) is 2.09. The zero-order valence-electron chi connectivity index (χ0n) is 21.3. The number of aromatic nitrogens is 1. The van der Waals surface area contributed by atoms with Crippen molar-refractivity contribution >= 4 is 5.91 Å². The van der Waals surface area contributed by atoms with Crippen molar-refractivity contribution in [1.82, 2.24) is 14.8 Å². The lowest BCUT2D eigenvalue weighted by molar-refractivity contribution is 0.0324. The van der Waals surface area contributed by atoms with Crippen molar-refractivity contribution in [2.24, 2.45) is 11.8 Å². The van der Waals surface area contributed by atoms with Crippen molar-refractivity contribution in [3.05, 3.63) is 59.0 Å². The van der Waals surface area contributed by atoms with Gasteiger partial charge in [-0.05, 0) is 32.0 Å². The number of halogens is 1. The zero-order valence-corrected chi connectivity index (χ0v) is 21.3. The van der Waals surface area contributed by atoms with E-state index in [2.05, 4.69) is 30.7 Å². The number of carbonyl (C=O) groups excluding carboxylic acids is 1. The molecule has 7 heteroatoms. The molecule has 0 bridgehead atoms. The summed E-state index contributed by atoms with van der Waals surface area (Å²) in [7, 11) is 1.92. The third-order valence-electron chi connectivity index (χ3n) is 6.15. The van der Waals surface area contributed by atoms with Gasteiger partial charge in [0.15, 0.2) is 0 Å². The predicted molar refractivity (Wildman–Crippen MR) is 134 cm³/mol. The SMILES string of the molecule is CC(C)CC#Cc1cnc2c(c1)C(=O)N([C@H](C)CO)C[C@@H](C)[C@H](CN(C)Cc1ccccc1F)O2. The standard InChI is InChI=1S/C28H36FN3O3/c1-19(2)9-8-10-22-13-24-27(30-14-22)35-26(20(3)15-32(28(24)34)21(4)18-33)17-31(5)16-23-11-6-7-12-25(23)29/h6-7,11-14,19-21,26,33H,9,15-18H2,1-5H3/t20-,21-,26+/m1/s1. The zero-order chi connectivity index (χ0) is 25.5. The molecule has 1 aromatic carbocycles. The van der Waals surface area contributed by atoms with Crippen LogP contribution in [0.5, 0.6) is 5.88 Å². The van der Waals surface area contributed by atoms with Crippen molar-refractivity contribution in [1.29, 1.82) is 0 Å². The molecule has 3 rings (SSSR count). The molecule has 1 N–H and O–H groups in total. The minimum atomic E-state index is -0.358. The highest BCUT2D eigenvalue weighted by molar-refractivity contribution is 5.97. The molecule has 3 atom stereocenters. The Kier molecular flexibility index (Phi) is 9.25. The number of fused-ring (bicyclic) bond motifs is 1. The van der Waals surface area contributed by atoms with E-state index in [-0.39, 0.29) is 42.3 Å². The molecule has 6 nitrogen and oxygen atoms in total. The van der Waals surface area contributed by atoms with Crippen molar-refractivity contribution in [2.75, 3.05) is 26.7 Å². The van der Waals surface area contributed by atoms with Crippen LogP contribution in [0.1, 0.15) is 55.6 Å². The van der Waals surface area contributed by atoms with E-state index >= 15 is 0 Å². The number of amides is 1. The molecule has 0 saturated carbocycles. The fourth-order valence-electron chi connectivity index (χ4n) is 4.03. The molecule has 1 aliphatic rings. The number of benzene rings is 1. The van der Waals surface area contributed by atoms with E-state index < -0.39 is 0 Å². The lowest BCUT2D eigenvalue weighted by atomic mass is 9.99. The van der Waals surface area contributed by atoms with E-state index in [1.165, 1.54) is 6.07 Å². The summed E-state index contributed by atoms with van der Waals surface area (Å²) < 4.78 is 20.5. The van der Waals surface area contributed by atoms with Gasteiger partial charge in [0.1, 0.15) is 17.5 Å². The second-order valence-corrected chi connectivity index (χ2v) is 9.89. The number of aliphatic hydroxyl groups excluding tert-OH is 1. The molecule has 0 radical (unpaired) electrons. The summed E-state index contributed by atoms with van der Waals surface area (Å²) in [5.41, 5.74) is 1.61. The number of hydrogen-bond donors (Lipinski definition) is 1. The molecule has 0 spiro atoms. The molecular weight excluding hydrogens is 445 g/mol. The number of hydrogen-bond acceptors (Lipinski definition) is 5. The van der Waals surface area contributed by atoms with Gasteiger partial charge >= 0.3 is 0 Å². The average molecular weight is 482 g/mol. The summed E-state index contributed by atoms with van der Waals surface area (Å²) in [6.45, 7) is 9.26. The van der Waals surface area contributed by atoms with Crippen LogP contribution in [0.2, 0.25) is 0 Å². The highest BCUT2D eigenvalue weighted by atomic mass is 19.1. The van der Waals surface area contributed by atoms with Crippen LogP contribution in [0.3, 0.4) is 0 Å². The summed E-state index contributed by atoms with van der Waals surface area (Å²) in [5, 5.41) is 9.82. The minimum Gasteiger partial charge on any atom is -0.472 e. The Balaban J connectivity index is 1.90. The number of ether oxygens (including phenoxy) is 1. The maximum absolute atomic E-state index is 14.2. The number of carbonyl (C=O) groups is 1. The van der Waals surface area contributed by atoms with E-state index in [1.54, 1.807) is 29.3 Å². The summed E-state index contributed by atoms with van der Waals surface area (Å²) >= 11 is 0. The van der Waals surface area contributed by atoms with E-state index in [0.717, 1.165) is 6.42 Å². The Morgan fingerprint density at radius 1 is 1.31 bits per heavy atom. The second kappa shape index (κ2) is 12.1. The Labute approximate surface area is 208 Å². The molecule has 188 valence electrons. The van der Waals surface area contributed by atoms with E-state index in [4.69, 9.17) is 4.74 Å². The molecule has 0 unspecified atom stereocenters. The van der Waals surface area contributed by atoms with Crippen LogP contribution in [0.25, 0.3) is 0 Å². The predicted octanol–water partition coefficient (Wildman–Crippen LogP) is 3.97. The number of pyridine rings is 1. The van der Waals surface area contributed by atoms with Crippen LogP contribution in [-0.2, 0) is 6.54 Å². The quantitative estimate of drug-likeness (QED) is 0.607. The fourth-order valence-corrected chi connectivity index (χ4v) is 4.03. The second-order valence-electron chi connectivity index (χ2n) is 9.89. The van der Waals surface area contributed by atoms with Gasteiger partial charge in [0.25, 0.3) is 5.91 Å². The lowest BCUT2D eigenvalue weighted by Crippen LogP contribution is -2.49. The van der Waals surface area contributed by atoms with Gasteiger partial charge in [-0.1, -0.05) is 50.8 Å². The van der Waals surface area contributed by atoms with Gasteiger partial charge in [-0.25, -0.2) is 9.37 Å². The smallest absolute Gasteiger partial charge is 0.259 e. The topological polar surface area (TPSA) is 65.9 Å². The summed E-state index contributed by atoms with van der Waals surface area (Å²) in [5.74, 6) is 6.43. The molecule has 1 aromatic heterocycles. The molecule has 2 heterocycles. The van der Waals surface area contributed by atoms with Crippen molar-refractivity contribution < 1.29 is 19.0 Å². The largest absolute Gasteiger partial charge is 0.472 e. The van der Waals surface area contributed by atoms with Crippen LogP contribution in [0.4, 0.5) is 4.39 Å². The lowest BCUT2D eigenvalue weighted by Gasteiger charge is -2.37. The Morgan fingerprint density at radius 3 is 2.74 bits per heavy atom. The number of likely N-dealkylation sites (N-methyl/N-ethyl adjacent to an activating group) is 1. The summed E-state index contributed by atoms with van der Waals surface area (Å²) in [6, 6.07) is 8.10. The Bertz CT molecular complexity index is 1080. The van der Waals surface area contributed by atoms with Crippen molar-refractivity contribution in [3.8, 4) is 17.7 Å². The molecule has 35 heavy (non-hydrogen) atoms. The van der Waals surface area contributed by atoms with Crippen LogP contribution in [0.15, 0.2) is 36.5 Å². The fraction of sp³-hybridized carbons (Fsp3) is 0.500. The highest BCUT2D eigenvalue weighted by Crippen LogP contribution is 2.27. The van der Waals surface area contributed by atoms with E-state index in [0.29, 0.717) is 42.2 Å². The molecule has 0 aliphatic carbocycles. The Hall–Kier alpha value is -2.95. The maximum atomic E-state index is 14.2. The third kappa shape index (κ3) is 7.03. The van der Waals surface area contributed by atoms with Gasteiger partial charge in [0.05, 0.1) is 12.6 Å². The molecule has 1 aliphatic heterocycles. The van der Waals surface area contributed by atoms with Crippen LogP contribution in [0, 0.1) is 29.5 Å². The first kappa shape index (κ1) is 26.7. The number of aliphatic hydroxyl groups is 1. The number of nitrogens with zero attached hydrogens (tertiary/aromatic N) is 3. The van der Waals surface area contributed by atoms with Gasteiger partial charge in [0.2, 0.25) is 5.88 Å². The number of rotatable bonds is 7. The summed E-state index contributed by atoms with van der Waals surface area (Å²) in [4.78, 5) is 21.6. The Morgan fingerprint density at radius 2 is 2.06 bits per heavy atom. The first-order chi connectivity index (χ1) is 16.7. The normalized spacial score (nSPS) is 18.9. The van der Waals surface area contributed by atoms with E-state index in [1.807, 2.05) is 31.9 Å². The average Bonchev–Trinajstić information content (AvgIpc) is 2.82. The monoisotopic (exact) mass is 481 g/mol. The molecule has 2 aromatic rings. The van der Waals surface area contributed by atoms with Crippen LogP contribution >= 0.6 is 0 Å².